The van der Waals surface area contributed by atoms with Crippen LogP contribution in [0.15, 0.2) is 30.3 Å². The number of carbonyl (C=O) groups is 1. The van der Waals surface area contributed by atoms with Crippen molar-refractivity contribution in [2.75, 3.05) is 10.6 Å². The van der Waals surface area contributed by atoms with Crippen LogP contribution in [0.1, 0.15) is 50.4 Å². The summed E-state index contributed by atoms with van der Waals surface area (Å²) in [5.74, 6) is 1.54. The molecule has 0 radical (unpaired) electrons. The number of anilines is 2. The second-order valence-corrected chi connectivity index (χ2v) is 6.26. The molecule has 2 rings (SSSR count). The lowest BCUT2D eigenvalue weighted by Gasteiger charge is -2.15. The van der Waals surface area contributed by atoms with Crippen LogP contribution in [-0.4, -0.2) is 28.0 Å². The van der Waals surface area contributed by atoms with Crippen LogP contribution in [0.2, 0.25) is 0 Å². The lowest BCUT2D eigenvalue weighted by molar-refractivity contribution is 0.102. The van der Waals surface area contributed by atoms with Crippen molar-refractivity contribution in [2.24, 2.45) is 0 Å². The van der Waals surface area contributed by atoms with Gasteiger partial charge in [-0.05, 0) is 46.2 Å². The van der Waals surface area contributed by atoms with E-state index in [1.807, 2.05) is 38.1 Å². The van der Waals surface area contributed by atoms with Gasteiger partial charge in [-0.2, -0.15) is 0 Å². The second-order valence-electron chi connectivity index (χ2n) is 6.26. The van der Waals surface area contributed by atoms with Crippen molar-refractivity contribution in [3.8, 4) is 5.75 Å². The largest absolute Gasteiger partial charge is 0.489 e. The summed E-state index contributed by atoms with van der Waals surface area (Å²) in [6.45, 7) is 9.81. The third kappa shape index (κ3) is 5.45. The van der Waals surface area contributed by atoms with E-state index in [1.54, 1.807) is 13.0 Å². The summed E-state index contributed by atoms with van der Waals surface area (Å²) in [6.07, 6.45) is 0.982. The van der Waals surface area contributed by atoms with E-state index in [4.69, 9.17) is 4.74 Å². The Kier molecular flexibility index (Phi) is 6.33. The van der Waals surface area contributed by atoms with Gasteiger partial charge >= 0.3 is 0 Å². The Hall–Kier alpha value is -2.63. The molecule has 1 atom stereocenters. The van der Waals surface area contributed by atoms with Crippen LogP contribution in [0, 0.1) is 6.92 Å². The van der Waals surface area contributed by atoms with Crippen molar-refractivity contribution in [3.63, 3.8) is 0 Å². The number of aryl methyl sites for hydroxylation is 1. The molecule has 0 fully saturated rings. The molecule has 2 N–H and O–H groups in total. The Morgan fingerprint density at radius 1 is 1.20 bits per heavy atom. The van der Waals surface area contributed by atoms with Crippen LogP contribution < -0.4 is 15.4 Å². The second kappa shape index (κ2) is 8.46. The molecule has 25 heavy (non-hydrogen) atoms. The summed E-state index contributed by atoms with van der Waals surface area (Å²) in [4.78, 5) is 21.2. The van der Waals surface area contributed by atoms with E-state index in [-0.39, 0.29) is 18.1 Å². The molecule has 0 aliphatic heterocycles. The van der Waals surface area contributed by atoms with Crippen molar-refractivity contribution in [1.29, 1.82) is 0 Å². The maximum atomic E-state index is 12.6. The zero-order chi connectivity index (χ0) is 18.4. The van der Waals surface area contributed by atoms with Gasteiger partial charge in [0.2, 0.25) is 0 Å². The highest BCUT2D eigenvalue weighted by Crippen LogP contribution is 2.25. The molecule has 1 aromatic carbocycles. The standard InChI is InChI=1S/C19H26N4O2/c1-6-13(4)20-18-11-16(21-14(5)22-18)19(24)23-15-9-7-8-10-17(15)25-12(2)3/h7-13H,6H2,1-5H3,(H,23,24)(H,20,21,22). The van der Waals surface area contributed by atoms with Crippen LogP contribution >= 0.6 is 0 Å². The van der Waals surface area contributed by atoms with Crippen molar-refractivity contribution in [1.82, 2.24) is 9.97 Å². The van der Waals surface area contributed by atoms with Crippen molar-refractivity contribution < 1.29 is 9.53 Å². The van der Waals surface area contributed by atoms with Crippen molar-refractivity contribution in [3.05, 3.63) is 41.9 Å². The predicted molar refractivity (Wildman–Crippen MR) is 100 cm³/mol. The molecule has 0 aliphatic carbocycles. The molecule has 0 bridgehead atoms. The molecule has 1 aromatic heterocycles. The number of hydrogen-bond donors (Lipinski definition) is 2. The predicted octanol–water partition coefficient (Wildman–Crippen LogP) is 4.03. The minimum Gasteiger partial charge on any atom is -0.489 e. The van der Waals surface area contributed by atoms with Crippen molar-refractivity contribution >= 4 is 17.4 Å². The highest BCUT2D eigenvalue weighted by Gasteiger charge is 2.14. The van der Waals surface area contributed by atoms with E-state index in [0.717, 1.165) is 6.42 Å². The zero-order valence-electron chi connectivity index (χ0n) is 15.5. The Bertz CT molecular complexity index is 731. The number of benzene rings is 1. The number of para-hydroxylation sites is 2. The summed E-state index contributed by atoms with van der Waals surface area (Å²) in [5.41, 5.74) is 0.937. The van der Waals surface area contributed by atoms with Gasteiger partial charge in [0.15, 0.2) is 0 Å². The number of hydrogen-bond acceptors (Lipinski definition) is 5. The SMILES string of the molecule is CCC(C)Nc1cc(C(=O)Nc2ccccc2OC(C)C)nc(C)n1. The maximum Gasteiger partial charge on any atom is 0.274 e. The molecule has 0 saturated carbocycles. The van der Waals surface area contributed by atoms with Crippen LogP contribution in [0.3, 0.4) is 0 Å². The summed E-state index contributed by atoms with van der Waals surface area (Å²) in [6, 6.07) is 9.30. The highest BCUT2D eigenvalue weighted by molar-refractivity contribution is 6.04. The molecule has 2 aromatic rings. The lowest BCUT2D eigenvalue weighted by Crippen LogP contribution is -2.19. The van der Waals surface area contributed by atoms with Gasteiger partial charge in [-0.15, -0.1) is 0 Å². The molecule has 0 aliphatic rings. The Labute approximate surface area is 149 Å². The smallest absolute Gasteiger partial charge is 0.274 e. The van der Waals surface area contributed by atoms with Gasteiger partial charge < -0.3 is 15.4 Å². The monoisotopic (exact) mass is 342 g/mol. The maximum absolute atomic E-state index is 12.6. The Morgan fingerprint density at radius 2 is 1.92 bits per heavy atom. The van der Waals surface area contributed by atoms with E-state index >= 15 is 0 Å². The van der Waals surface area contributed by atoms with Gasteiger partial charge in [0.25, 0.3) is 5.91 Å². The summed E-state index contributed by atoms with van der Waals surface area (Å²) >= 11 is 0. The topological polar surface area (TPSA) is 76.1 Å². The van der Waals surface area contributed by atoms with E-state index < -0.39 is 0 Å². The third-order valence-corrected chi connectivity index (χ3v) is 3.58. The molecular formula is C19H26N4O2. The van der Waals surface area contributed by atoms with E-state index in [0.29, 0.717) is 28.8 Å². The minimum atomic E-state index is -0.294. The van der Waals surface area contributed by atoms with E-state index in [9.17, 15) is 4.79 Å². The average molecular weight is 342 g/mol. The molecule has 0 saturated heterocycles. The lowest BCUT2D eigenvalue weighted by atomic mass is 10.2. The first-order valence-electron chi connectivity index (χ1n) is 8.58. The van der Waals surface area contributed by atoms with Gasteiger partial charge in [0.1, 0.15) is 23.1 Å². The summed E-state index contributed by atoms with van der Waals surface area (Å²) < 4.78 is 5.74. The van der Waals surface area contributed by atoms with Gasteiger partial charge in [-0.25, -0.2) is 9.97 Å². The Morgan fingerprint density at radius 3 is 2.60 bits per heavy atom. The number of carbonyl (C=O) groups excluding carboxylic acids is 1. The zero-order valence-corrected chi connectivity index (χ0v) is 15.5. The fourth-order valence-corrected chi connectivity index (χ4v) is 2.23. The quantitative estimate of drug-likeness (QED) is 0.794. The molecule has 1 heterocycles. The highest BCUT2D eigenvalue weighted by atomic mass is 16.5. The van der Waals surface area contributed by atoms with Crippen LogP contribution in [0.4, 0.5) is 11.5 Å². The minimum absolute atomic E-state index is 0.0191. The fourth-order valence-electron chi connectivity index (χ4n) is 2.23. The average Bonchev–Trinajstić information content (AvgIpc) is 2.55. The number of ether oxygens (including phenoxy) is 1. The number of aromatic nitrogens is 2. The fraction of sp³-hybridized carbons (Fsp3) is 0.421. The van der Waals surface area contributed by atoms with Gasteiger partial charge in [0.05, 0.1) is 11.8 Å². The van der Waals surface area contributed by atoms with Crippen LogP contribution in [0.25, 0.3) is 0 Å². The number of amides is 1. The normalized spacial score (nSPS) is 11.9. The molecule has 6 nitrogen and oxygen atoms in total. The molecule has 1 unspecified atom stereocenters. The summed E-state index contributed by atoms with van der Waals surface area (Å²) in [5, 5.41) is 6.15. The molecular weight excluding hydrogens is 316 g/mol. The molecule has 0 spiro atoms. The molecule has 1 amide bonds. The van der Waals surface area contributed by atoms with Crippen LogP contribution in [-0.2, 0) is 0 Å². The number of nitrogens with one attached hydrogen (secondary N) is 2. The van der Waals surface area contributed by atoms with Gasteiger partial charge in [-0.3, -0.25) is 4.79 Å². The van der Waals surface area contributed by atoms with Crippen LogP contribution in [0.5, 0.6) is 5.75 Å². The van der Waals surface area contributed by atoms with Gasteiger partial charge in [-0.1, -0.05) is 19.1 Å². The molecule has 6 heteroatoms. The number of nitrogens with zero attached hydrogens (tertiary/aromatic N) is 2. The first-order chi connectivity index (χ1) is 11.9. The molecule has 134 valence electrons. The summed E-state index contributed by atoms with van der Waals surface area (Å²) in [7, 11) is 0. The van der Waals surface area contributed by atoms with Gasteiger partial charge in [0, 0.05) is 12.1 Å². The Balaban J connectivity index is 2.21. The first kappa shape index (κ1) is 18.7. The van der Waals surface area contributed by atoms with E-state index in [2.05, 4.69) is 34.4 Å². The van der Waals surface area contributed by atoms with Crippen molar-refractivity contribution in [2.45, 2.75) is 53.2 Å². The first-order valence-corrected chi connectivity index (χ1v) is 8.58. The van der Waals surface area contributed by atoms with E-state index in [1.165, 1.54) is 0 Å². The third-order valence-electron chi connectivity index (χ3n) is 3.58. The number of rotatable bonds is 7.